The highest BCUT2D eigenvalue weighted by Crippen LogP contribution is 2.31. The molecule has 0 aromatic heterocycles. The molecule has 3 aliphatic rings. The molecule has 0 amide bonds. The molecule has 3 fully saturated rings. The monoisotopic (exact) mass is 1200 g/mol. The number of unbranched alkanes of at least 4 members (excludes halogenated alkanes) is 30. The SMILES string of the molecule is CCCCCCCCCCCCCCCCCCOC(=O)C(CCC(O)OCCCCCCCCCCCCCCCCCC)N[C@@H]1OC(CO)[C@H](COC[C@@H]2OC(CO)[C@H](COC[C@@H]3OC(CO)[C@H](O)[C@H](O)C3O)[C@H](O)C2O)[C@H](O)C1O. The van der Waals surface area contributed by atoms with Crippen molar-refractivity contribution in [1.29, 1.82) is 0 Å². The lowest BCUT2D eigenvalue weighted by atomic mass is 9.87. The Kier molecular flexibility index (Phi) is 43.7. The first-order valence-electron chi connectivity index (χ1n) is 33.3. The Bertz CT molecular complexity index is 1520. The molecular weight excluding hydrogens is 1070 g/mol. The summed E-state index contributed by atoms with van der Waals surface area (Å²) < 4.78 is 40.4. The van der Waals surface area contributed by atoms with Crippen LogP contribution in [0.1, 0.15) is 232 Å². The van der Waals surface area contributed by atoms with Gasteiger partial charge < -0.3 is 89.3 Å². The minimum atomic E-state index is -1.61. The molecule has 8 unspecified atom stereocenters. The first-order valence-corrected chi connectivity index (χ1v) is 33.3. The summed E-state index contributed by atoms with van der Waals surface area (Å²) >= 11 is 0. The molecule has 3 aliphatic heterocycles. The summed E-state index contributed by atoms with van der Waals surface area (Å²) in [7, 11) is 0. The third-order valence-corrected chi connectivity index (χ3v) is 17.3. The quantitative estimate of drug-likeness (QED) is 0.0184. The van der Waals surface area contributed by atoms with E-state index < -0.39 is 129 Å². The van der Waals surface area contributed by atoms with Crippen LogP contribution in [0.15, 0.2) is 0 Å². The van der Waals surface area contributed by atoms with Crippen LogP contribution in [0, 0.1) is 11.8 Å². The van der Waals surface area contributed by atoms with E-state index in [1.165, 1.54) is 161 Å². The van der Waals surface area contributed by atoms with Gasteiger partial charge in [0.15, 0.2) is 6.29 Å². The maximum Gasteiger partial charge on any atom is 0.323 e. The highest BCUT2D eigenvalue weighted by molar-refractivity contribution is 5.75. The highest BCUT2D eigenvalue weighted by Gasteiger charge is 2.48. The van der Waals surface area contributed by atoms with Gasteiger partial charge in [-0.05, 0) is 19.3 Å². The maximum absolute atomic E-state index is 13.7. The Morgan fingerprint density at radius 1 is 0.398 bits per heavy atom. The molecule has 17 atom stereocenters. The summed E-state index contributed by atoms with van der Waals surface area (Å²) in [5, 5.41) is 120. The molecule has 0 aromatic carbocycles. The Morgan fingerprint density at radius 2 is 0.747 bits per heavy atom. The topological polar surface area (TPSA) is 316 Å². The van der Waals surface area contributed by atoms with E-state index in [4.69, 9.17) is 33.2 Å². The van der Waals surface area contributed by atoms with E-state index in [0.29, 0.717) is 13.0 Å². The number of hydrogen-bond acceptors (Lipinski definition) is 20. The minimum Gasteiger partial charge on any atom is -0.465 e. The van der Waals surface area contributed by atoms with Crippen molar-refractivity contribution in [3.63, 3.8) is 0 Å². The fourth-order valence-electron chi connectivity index (χ4n) is 11.8. The lowest BCUT2D eigenvalue weighted by Crippen LogP contribution is -2.63. The second-order valence-corrected chi connectivity index (χ2v) is 24.3. The Labute approximate surface area is 499 Å². The zero-order valence-electron chi connectivity index (χ0n) is 51.4. The van der Waals surface area contributed by atoms with Crippen LogP contribution in [-0.2, 0) is 38.0 Å². The van der Waals surface area contributed by atoms with Crippen molar-refractivity contribution >= 4 is 5.97 Å². The number of esters is 1. The van der Waals surface area contributed by atoms with Crippen molar-refractivity contribution in [2.75, 3.05) is 59.5 Å². The van der Waals surface area contributed by atoms with E-state index in [1.54, 1.807) is 0 Å². The zero-order chi connectivity index (χ0) is 60.5. The molecule has 3 rings (SSSR count). The van der Waals surface area contributed by atoms with E-state index >= 15 is 0 Å². The van der Waals surface area contributed by atoms with Crippen LogP contribution in [0.4, 0.5) is 0 Å². The van der Waals surface area contributed by atoms with Crippen LogP contribution in [-0.4, -0.2) is 213 Å². The molecule has 20 nitrogen and oxygen atoms in total. The van der Waals surface area contributed by atoms with Crippen molar-refractivity contribution < 1.29 is 94.1 Å². The summed E-state index contributed by atoms with van der Waals surface area (Å²) in [4.78, 5) is 13.7. The molecule has 0 spiro atoms. The van der Waals surface area contributed by atoms with Crippen LogP contribution in [0.3, 0.4) is 0 Å². The summed E-state index contributed by atoms with van der Waals surface area (Å²) in [6, 6.07) is -1.07. The van der Waals surface area contributed by atoms with Gasteiger partial charge in [0.2, 0.25) is 0 Å². The standard InChI is InChI=1S/C63H121NO19/c1-3-5-7-9-11-13-15-17-19-21-23-25-27-29-31-33-37-79-54(68)36-35-48(63(76)80-38-34-32-30-28-26-24-22-20-18-16-14-12-10-8-6-4-2)64-62-61(75)56(70)47(50(40-66)83-62)43-78-44-52-58(72)55(69)46(49(39-65)81-52)42-77-45-53-59(73)60(74)57(71)51(41-67)82-53/h46-62,64-75H,3-45H2,1-2H3/t46-,47-,48?,49?,50?,51?,52-,53-,54?,55-,56-,57-,58?,59?,60-,61?,62+/m0/s1. The fourth-order valence-corrected chi connectivity index (χ4v) is 11.8. The molecule has 3 saturated heterocycles. The lowest BCUT2D eigenvalue weighted by molar-refractivity contribution is -0.252. The van der Waals surface area contributed by atoms with E-state index in [0.717, 1.165) is 38.5 Å². The average molecular weight is 1200 g/mol. The van der Waals surface area contributed by atoms with Crippen molar-refractivity contribution in [2.45, 2.75) is 324 Å². The van der Waals surface area contributed by atoms with Crippen LogP contribution in [0.25, 0.3) is 0 Å². The number of aliphatic hydroxyl groups excluding tert-OH is 11. The molecule has 12 N–H and O–H groups in total. The Balaban J connectivity index is 1.45. The van der Waals surface area contributed by atoms with Crippen molar-refractivity contribution in [3.8, 4) is 0 Å². The first-order chi connectivity index (χ1) is 40.3. The van der Waals surface area contributed by atoms with E-state index in [1.807, 2.05) is 0 Å². The summed E-state index contributed by atoms with van der Waals surface area (Å²) in [6.45, 7) is 2.01. The number of nitrogens with one attached hydrogen (secondary N) is 1. The number of rotatable bonds is 52. The third kappa shape index (κ3) is 30.7. The first kappa shape index (κ1) is 76.0. The molecule has 20 heteroatoms. The van der Waals surface area contributed by atoms with Gasteiger partial charge in [0.05, 0.1) is 77.3 Å². The van der Waals surface area contributed by atoms with E-state index in [-0.39, 0.29) is 45.9 Å². The summed E-state index contributed by atoms with van der Waals surface area (Å²) in [6.07, 6.45) is 20.7. The number of ether oxygens (including phenoxy) is 7. The van der Waals surface area contributed by atoms with Crippen LogP contribution in [0.2, 0.25) is 0 Å². The van der Waals surface area contributed by atoms with Crippen molar-refractivity contribution in [1.82, 2.24) is 5.32 Å². The van der Waals surface area contributed by atoms with Crippen molar-refractivity contribution in [3.05, 3.63) is 0 Å². The van der Waals surface area contributed by atoms with Gasteiger partial charge in [0.1, 0.15) is 61.1 Å². The second-order valence-electron chi connectivity index (χ2n) is 24.3. The van der Waals surface area contributed by atoms with E-state index in [2.05, 4.69) is 19.2 Å². The lowest BCUT2D eigenvalue weighted by Gasteiger charge is -2.44. The number of hydrogen-bond donors (Lipinski definition) is 12. The van der Waals surface area contributed by atoms with Gasteiger partial charge >= 0.3 is 5.97 Å². The highest BCUT2D eigenvalue weighted by atomic mass is 16.6. The zero-order valence-corrected chi connectivity index (χ0v) is 51.4. The van der Waals surface area contributed by atoms with Gasteiger partial charge in [-0.25, -0.2) is 0 Å². The predicted molar refractivity (Wildman–Crippen MR) is 316 cm³/mol. The van der Waals surface area contributed by atoms with Gasteiger partial charge in [-0.15, -0.1) is 0 Å². The molecule has 3 heterocycles. The van der Waals surface area contributed by atoms with E-state index in [9.17, 15) is 61.0 Å². The molecule has 492 valence electrons. The normalized spacial score (nSPS) is 29.3. The van der Waals surface area contributed by atoms with Crippen LogP contribution < -0.4 is 5.32 Å². The minimum absolute atomic E-state index is 0.0621. The second kappa shape index (κ2) is 47.7. The van der Waals surface area contributed by atoms with Gasteiger partial charge in [0, 0.05) is 24.9 Å². The van der Waals surface area contributed by atoms with Gasteiger partial charge in [-0.1, -0.05) is 206 Å². The van der Waals surface area contributed by atoms with Crippen molar-refractivity contribution in [2.24, 2.45) is 11.8 Å². The molecule has 0 bridgehead atoms. The largest absolute Gasteiger partial charge is 0.465 e. The summed E-state index contributed by atoms with van der Waals surface area (Å²) in [5.74, 6) is -2.58. The summed E-state index contributed by atoms with van der Waals surface area (Å²) in [5.41, 5.74) is 0. The van der Waals surface area contributed by atoms with Crippen LogP contribution in [0.5, 0.6) is 0 Å². The fraction of sp³-hybridized carbons (Fsp3) is 0.984. The predicted octanol–water partition coefficient (Wildman–Crippen LogP) is 6.15. The average Bonchev–Trinajstić information content (AvgIpc) is 3.65. The Morgan fingerprint density at radius 3 is 1.17 bits per heavy atom. The molecule has 0 aromatic rings. The molecular formula is C63H121NO19. The molecule has 83 heavy (non-hydrogen) atoms. The Hall–Kier alpha value is -1.25. The maximum atomic E-state index is 13.7. The molecule has 0 saturated carbocycles. The van der Waals surface area contributed by atoms with Crippen LogP contribution >= 0.6 is 0 Å². The molecule has 0 radical (unpaired) electrons. The number of carbonyl (C=O) groups is 1. The number of carbonyl (C=O) groups excluding carboxylic acids is 1. The van der Waals surface area contributed by atoms with Gasteiger partial charge in [0.25, 0.3) is 0 Å². The third-order valence-electron chi connectivity index (χ3n) is 17.3. The number of aliphatic hydroxyl groups is 11. The molecule has 0 aliphatic carbocycles. The smallest absolute Gasteiger partial charge is 0.323 e. The van der Waals surface area contributed by atoms with Gasteiger partial charge in [-0.2, -0.15) is 0 Å². The van der Waals surface area contributed by atoms with Gasteiger partial charge in [-0.3, -0.25) is 10.1 Å².